The van der Waals surface area contributed by atoms with Gasteiger partial charge in [0, 0.05) is 32.7 Å². The molecule has 0 radical (unpaired) electrons. The lowest BCUT2D eigenvalue weighted by Gasteiger charge is -2.38. The molecule has 7 heteroatoms. The quantitative estimate of drug-likeness (QED) is 0.880. The Labute approximate surface area is 137 Å². The normalized spacial score (nSPS) is 23.7. The van der Waals surface area contributed by atoms with Crippen LogP contribution in [0.15, 0.2) is 35.2 Å². The predicted octanol–water partition coefficient (Wildman–Crippen LogP) is 0.662. The smallest absolute Gasteiger partial charge is 0.243 e. The third-order valence-corrected chi connectivity index (χ3v) is 6.44. The minimum absolute atomic E-state index is 0.0503. The molecule has 1 N–H and O–H groups in total. The maximum absolute atomic E-state index is 12.9. The molecule has 2 heterocycles. The summed E-state index contributed by atoms with van der Waals surface area (Å²) in [4.78, 5) is 14.9. The number of amides is 1. The summed E-state index contributed by atoms with van der Waals surface area (Å²) in [5.74, 6) is -0.0503. The van der Waals surface area contributed by atoms with E-state index in [0.29, 0.717) is 26.1 Å². The lowest BCUT2D eigenvalue weighted by atomic mass is 10.0. The first-order valence-corrected chi connectivity index (χ1v) is 9.61. The third kappa shape index (κ3) is 3.41. The van der Waals surface area contributed by atoms with Gasteiger partial charge in [0.05, 0.1) is 4.90 Å². The highest BCUT2D eigenvalue weighted by Crippen LogP contribution is 2.26. The largest absolute Gasteiger partial charge is 0.339 e. The average molecular weight is 337 g/mol. The SMILES string of the molecule is O=C(C1CCCCN1S(=O)(=O)c1ccccc1)N1CCNCC1. The van der Waals surface area contributed by atoms with Gasteiger partial charge in [-0.2, -0.15) is 4.31 Å². The Morgan fingerprint density at radius 1 is 1.04 bits per heavy atom. The molecule has 0 bridgehead atoms. The van der Waals surface area contributed by atoms with E-state index in [1.165, 1.54) is 4.31 Å². The first-order chi connectivity index (χ1) is 11.1. The highest BCUT2D eigenvalue weighted by Gasteiger charge is 2.39. The van der Waals surface area contributed by atoms with Gasteiger partial charge in [0.25, 0.3) is 0 Å². The number of piperazine rings is 1. The van der Waals surface area contributed by atoms with E-state index in [9.17, 15) is 13.2 Å². The van der Waals surface area contributed by atoms with Gasteiger partial charge in [-0.1, -0.05) is 24.6 Å². The Balaban J connectivity index is 1.85. The van der Waals surface area contributed by atoms with Crippen molar-refractivity contribution >= 4 is 15.9 Å². The number of benzene rings is 1. The number of nitrogens with zero attached hydrogens (tertiary/aromatic N) is 2. The van der Waals surface area contributed by atoms with Crippen molar-refractivity contribution in [3.8, 4) is 0 Å². The van der Waals surface area contributed by atoms with Crippen molar-refractivity contribution in [3.05, 3.63) is 30.3 Å². The second kappa shape index (κ2) is 6.98. The minimum atomic E-state index is -3.62. The molecule has 3 rings (SSSR count). The molecule has 0 saturated carbocycles. The van der Waals surface area contributed by atoms with Crippen molar-refractivity contribution in [1.29, 1.82) is 0 Å². The Morgan fingerprint density at radius 3 is 2.43 bits per heavy atom. The molecule has 2 saturated heterocycles. The minimum Gasteiger partial charge on any atom is -0.339 e. The summed E-state index contributed by atoms with van der Waals surface area (Å²) in [6.45, 7) is 3.25. The van der Waals surface area contributed by atoms with E-state index in [0.717, 1.165) is 25.9 Å². The van der Waals surface area contributed by atoms with Gasteiger partial charge in [-0.25, -0.2) is 8.42 Å². The first kappa shape index (κ1) is 16.4. The Bertz CT molecular complexity index is 642. The molecule has 0 aromatic heterocycles. The van der Waals surface area contributed by atoms with Crippen LogP contribution in [0.3, 0.4) is 0 Å². The van der Waals surface area contributed by atoms with Crippen molar-refractivity contribution in [3.63, 3.8) is 0 Å². The number of carbonyl (C=O) groups excluding carboxylic acids is 1. The molecule has 1 amide bonds. The van der Waals surface area contributed by atoms with E-state index in [2.05, 4.69) is 5.32 Å². The number of sulfonamides is 1. The molecule has 1 atom stereocenters. The molecule has 1 aromatic carbocycles. The molecule has 0 aliphatic carbocycles. The van der Waals surface area contributed by atoms with E-state index in [1.54, 1.807) is 35.2 Å². The second-order valence-electron chi connectivity index (χ2n) is 6.02. The summed E-state index contributed by atoms with van der Waals surface area (Å²) in [5.41, 5.74) is 0. The zero-order valence-electron chi connectivity index (χ0n) is 13.1. The van der Waals surface area contributed by atoms with Crippen LogP contribution in [0.1, 0.15) is 19.3 Å². The van der Waals surface area contributed by atoms with Gasteiger partial charge in [-0.3, -0.25) is 4.79 Å². The van der Waals surface area contributed by atoms with Crippen LogP contribution >= 0.6 is 0 Å². The molecule has 126 valence electrons. The van der Waals surface area contributed by atoms with Crippen LogP contribution in [0, 0.1) is 0 Å². The molecular weight excluding hydrogens is 314 g/mol. The molecule has 0 spiro atoms. The molecule has 1 unspecified atom stereocenters. The average Bonchev–Trinajstić information content (AvgIpc) is 2.62. The molecular formula is C16H23N3O3S. The van der Waals surface area contributed by atoms with Crippen molar-refractivity contribution in [1.82, 2.24) is 14.5 Å². The van der Waals surface area contributed by atoms with E-state index < -0.39 is 16.1 Å². The van der Waals surface area contributed by atoms with Crippen LogP contribution in [0.5, 0.6) is 0 Å². The van der Waals surface area contributed by atoms with Gasteiger partial charge >= 0.3 is 0 Å². The summed E-state index contributed by atoms with van der Waals surface area (Å²) < 4.78 is 27.3. The Morgan fingerprint density at radius 2 is 1.74 bits per heavy atom. The van der Waals surface area contributed by atoms with Gasteiger partial charge in [0.1, 0.15) is 6.04 Å². The fraction of sp³-hybridized carbons (Fsp3) is 0.562. The molecule has 1 aromatic rings. The van der Waals surface area contributed by atoms with Crippen molar-refractivity contribution < 1.29 is 13.2 Å². The molecule has 2 fully saturated rings. The highest BCUT2D eigenvalue weighted by molar-refractivity contribution is 7.89. The van der Waals surface area contributed by atoms with Gasteiger partial charge in [-0.15, -0.1) is 0 Å². The topological polar surface area (TPSA) is 69.7 Å². The number of piperidine rings is 1. The first-order valence-electron chi connectivity index (χ1n) is 8.17. The zero-order chi connectivity index (χ0) is 16.3. The van der Waals surface area contributed by atoms with Gasteiger partial charge in [0.15, 0.2) is 0 Å². The summed E-state index contributed by atoms with van der Waals surface area (Å²) >= 11 is 0. The molecule has 6 nitrogen and oxygen atoms in total. The monoisotopic (exact) mass is 337 g/mol. The van der Waals surface area contributed by atoms with Gasteiger partial charge in [0.2, 0.25) is 15.9 Å². The number of carbonyl (C=O) groups is 1. The van der Waals surface area contributed by atoms with E-state index in [4.69, 9.17) is 0 Å². The van der Waals surface area contributed by atoms with Crippen LogP contribution in [0.25, 0.3) is 0 Å². The van der Waals surface area contributed by atoms with Gasteiger partial charge < -0.3 is 10.2 Å². The van der Waals surface area contributed by atoms with Gasteiger partial charge in [-0.05, 0) is 25.0 Å². The predicted molar refractivity (Wildman–Crippen MR) is 87.4 cm³/mol. The Kier molecular flexibility index (Phi) is 4.99. The highest BCUT2D eigenvalue weighted by atomic mass is 32.2. The number of nitrogens with one attached hydrogen (secondary N) is 1. The maximum atomic E-state index is 12.9. The van der Waals surface area contributed by atoms with Crippen molar-refractivity contribution in [2.45, 2.75) is 30.2 Å². The summed E-state index contributed by atoms with van der Waals surface area (Å²) in [6.07, 6.45) is 2.30. The second-order valence-corrected chi connectivity index (χ2v) is 7.91. The fourth-order valence-corrected chi connectivity index (χ4v) is 4.94. The van der Waals surface area contributed by atoms with E-state index in [-0.39, 0.29) is 10.8 Å². The summed E-state index contributed by atoms with van der Waals surface area (Å²) in [7, 11) is -3.62. The lowest BCUT2D eigenvalue weighted by Crippen LogP contribution is -2.56. The van der Waals surface area contributed by atoms with Crippen LogP contribution in [-0.4, -0.2) is 62.3 Å². The summed E-state index contributed by atoms with van der Waals surface area (Å²) in [6, 6.07) is 7.84. The maximum Gasteiger partial charge on any atom is 0.243 e. The summed E-state index contributed by atoms with van der Waals surface area (Å²) in [5, 5.41) is 3.21. The lowest BCUT2D eigenvalue weighted by molar-refractivity contribution is -0.136. The zero-order valence-corrected chi connectivity index (χ0v) is 14.0. The van der Waals surface area contributed by atoms with E-state index in [1.807, 2.05) is 0 Å². The molecule has 2 aliphatic rings. The van der Waals surface area contributed by atoms with Crippen LogP contribution < -0.4 is 5.32 Å². The third-order valence-electron chi connectivity index (χ3n) is 4.52. The van der Waals surface area contributed by atoms with Crippen molar-refractivity contribution in [2.24, 2.45) is 0 Å². The van der Waals surface area contributed by atoms with Crippen LogP contribution in [0.2, 0.25) is 0 Å². The standard InChI is InChI=1S/C16H23N3O3S/c20-16(18-12-9-17-10-13-18)15-8-4-5-11-19(15)23(21,22)14-6-2-1-3-7-14/h1-3,6-7,15,17H,4-5,8-13H2. The Hall–Kier alpha value is -1.44. The molecule has 23 heavy (non-hydrogen) atoms. The fourth-order valence-electron chi connectivity index (χ4n) is 3.26. The number of rotatable bonds is 3. The van der Waals surface area contributed by atoms with Crippen LogP contribution in [0.4, 0.5) is 0 Å². The number of hydrogen-bond donors (Lipinski definition) is 1. The number of hydrogen-bond acceptors (Lipinski definition) is 4. The molecule has 2 aliphatic heterocycles. The van der Waals surface area contributed by atoms with E-state index >= 15 is 0 Å². The van der Waals surface area contributed by atoms with Crippen LogP contribution in [-0.2, 0) is 14.8 Å². The van der Waals surface area contributed by atoms with Crippen molar-refractivity contribution in [2.75, 3.05) is 32.7 Å².